The molecule has 62 valence electrons. The first-order valence-corrected chi connectivity index (χ1v) is 3.99. The van der Waals surface area contributed by atoms with Gasteiger partial charge in [0.2, 0.25) is 5.91 Å². The van der Waals surface area contributed by atoms with Gasteiger partial charge in [0.1, 0.15) is 0 Å². The molecule has 1 heterocycles. The largest absolute Gasteiger partial charge is 0.327 e. The minimum absolute atomic E-state index is 0.205. The maximum atomic E-state index is 11.1. The fourth-order valence-electron chi connectivity index (χ4n) is 1.18. The number of nitrogens with two attached hydrogens (primary N) is 1. The normalized spacial score (nSPS) is 20.2. The van der Waals surface area contributed by atoms with Crippen molar-refractivity contribution in [2.45, 2.75) is 19.8 Å². The van der Waals surface area contributed by atoms with Crippen molar-refractivity contribution in [2.24, 2.45) is 5.73 Å². The first kappa shape index (κ1) is 8.27. The molecule has 1 amide bonds. The van der Waals surface area contributed by atoms with Crippen LogP contribution in [0.15, 0.2) is 11.8 Å². The first-order valence-electron chi connectivity index (χ1n) is 3.99. The molecule has 1 saturated heterocycles. The number of hydrogen-bond acceptors (Lipinski definition) is 2. The molecule has 1 rings (SSSR count). The summed E-state index contributed by atoms with van der Waals surface area (Å²) in [4.78, 5) is 12.9. The third-order valence-electron chi connectivity index (χ3n) is 1.90. The molecule has 11 heavy (non-hydrogen) atoms. The Morgan fingerprint density at radius 3 is 2.91 bits per heavy atom. The van der Waals surface area contributed by atoms with Gasteiger partial charge in [-0.2, -0.15) is 0 Å². The second kappa shape index (κ2) is 3.53. The number of carbonyl (C=O) groups is 1. The first-order chi connectivity index (χ1) is 5.29. The van der Waals surface area contributed by atoms with Crippen LogP contribution in [0.3, 0.4) is 0 Å². The Morgan fingerprint density at radius 1 is 1.82 bits per heavy atom. The average molecular weight is 154 g/mol. The minimum Gasteiger partial charge on any atom is -0.327 e. The number of carbonyl (C=O) groups excluding carboxylic acids is 1. The van der Waals surface area contributed by atoms with E-state index in [1.165, 1.54) is 0 Å². The van der Waals surface area contributed by atoms with Crippen molar-refractivity contribution in [1.29, 1.82) is 0 Å². The van der Waals surface area contributed by atoms with E-state index in [9.17, 15) is 4.79 Å². The number of hydrogen-bond donors (Lipinski definition) is 1. The third kappa shape index (κ3) is 1.60. The predicted molar refractivity (Wildman–Crippen MR) is 43.8 cm³/mol. The summed E-state index contributed by atoms with van der Waals surface area (Å²) in [5, 5.41) is 0. The molecule has 1 fully saturated rings. The molecule has 0 aliphatic carbocycles. The second-order valence-electron chi connectivity index (χ2n) is 2.58. The minimum atomic E-state index is 0.205. The highest BCUT2D eigenvalue weighted by molar-refractivity contribution is 5.78. The van der Waals surface area contributed by atoms with Crippen molar-refractivity contribution in [3.63, 3.8) is 0 Å². The molecule has 3 nitrogen and oxygen atoms in total. The average Bonchev–Trinajstić information content (AvgIpc) is 1.98. The lowest BCUT2D eigenvalue weighted by atomic mass is 10.1. The number of nitrogens with zero attached hydrogens (tertiary/aromatic N) is 1. The van der Waals surface area contributed by atoms with E-state index >= 15 is 0 Å². The van der Waals surface area contributed by atoms with Crippen LogP contribution in [0.25, 0.3) is 0 Å². The summed E-state index contributed by atoms with van der Waals surface area (Å²) in [6.07, 6.45) is 3.50. The van der Waals surface area contributed by atoms with E-state index in [2.05, 4.69) is 0 Å². The van der Waals surface area contributed by atoms with Gasteiger partial charge in [-0.1, -0.05) is 13.0 Å². The zero-order valence-corrected chi connectivity index (χ0v) is 6.84. The van der Waals surface area contributed by atoms with Crippen LogP contribution in [0.5, 0.6) is 0 Å². The highest BCUT2D eigenvalue weighted by Crippen LogP contribution is 2.21. The zero-order valence-electron chi connectivity index (χ0n) is 6.84. The molecule has 0 bridgehead atoms. The standard InChI is InChI=1S/C8H14N2O/c1-2-8(11)10-6-4-7(10)3-5-9/h3H,2,4-6,9H2,1H3/b7-3+. The summed E-state index contributed by atoms with van der Waals surface area (Å²) in [7, 11) is 0. The van der Waals surface area contributed by atoms with E-state index in [0.717, 1.165) is 18.7 Å². The molecule has 0 spiro atoms. The number of rotatable bonds is 2. The van der Waals surface area contributed by atoms with Crippen LogP contribution in [0.1, 0.15) is 19.8 Å². The molecule has 0 saturated carbocycles. The number of likely N-dealkylation sites (tertiary alicyclic amines) is 1. The molecule has 0 atom stereocenters. The van der Waals surface area contributed by atoms with Gasteiger partial charge in [0.05, 0.1) is 0 Å². The third-order valence-corrected chi connectivity index (χ3v) is 1.90. The molecule has 0 aromatic heterocycles. The van der Waals surface area contributed by atoms with E-state index < -0.39 is 0 Å². The summed E-state index contributed by atoms with van der Waals surface area (Å²) < 4.78 is 0. The van der Waals surface area contributed by atoms with Gasteiger partial charge in [-0.3, -0.25) is 4.79 Å². The Bertz CT molecular complexity index is 187. The molecule has 0 unspecified atom stereocenters. The second-order valence-corrected chi connectivity index (χ2v) is 2.58. The van der Waals surface area contributed by atoms with E-state index in [-0.39, 0.29) is 5.91 Å². The van der Waals surface area contributed by atoms with Crippen LogP contribution in [-0.2, 0) is 4.79 Å². The van der Waals surface area contributed by atoms with Crippen molar-refractivity contribution >= 4 is 5.91 Å². The van der Waals surface area contributed by atoms with Crippen molar-refractivity contribution in [1.82, 2.24) is 4.90 Å². The Hall–Kier alpha value is -0.830. The van der Waals surface area contributed by atoms with E-state index in [1.807, 2.05) is 13.0 Å². The smallest absolute Gasteiger partial charge is 0.226 e. The van der Waals surface area contributed by atoms with Crippen molar-refractivity contribution < 1.29 is 4.79 Å². The van der Waals surface area contributed by atoms with E-state index in [0.29, 0.717) is 13.0 Å². The summed E-state index contributed by atoms with van der Waals surface area (Å²) in [6.45, 7) is 3.28. The predicted octanol–water partition coefficient (Wildman–Crippen LogP) is 0.471. The van der Waals surface area contributed by atoms with Gasteiger partial charge in [0.25, 0.3) is 0 Å². The zero-order chi connectivity index (χ0) is 8.27. The maximum absolute atomic E-state index is 11.1. The fraction of sp³-hybridized carbons (Fsp3) is 0.625. The van der Waals surface area contributed by atoms with Gasteiger partial charge in [-0.15, -0.1) is 0 Å². The molecule has 0 radical (unpaired) electrons. The summed E-state index contributed by atoms with van der Waals surface area (Å²) in [6, 6.07) is 0. The van der Waals surface area contributed by atoms with Gasteiger partial charge in [-0.25, -0.2) is 0 Å². The fourth-order valence-corrected chi connectivity index (χ4v) is 1.18. The van der Waals surface area contributed by atoms with Crippen LogP contribution < -0.4 is 5.73 Å². The lowest BCUT2D eigenvalue weighted by Crippen LogP contribution is -2.40. The summed E-state index contributed by atoms with van der Waals surface area (Å²) in [5.41, 5.74) is 6.42. The molecule has 2 N–H and O–H groups in total. The van der Waals surface area contributed by atoms with Gasteiger partial charge in [-0.05, 0) is 0 Å². The van der Waals surface area contributed by atoms with Crippen molar-refractivity contribution in [2.75, 3.05) is 13.1 Å². The van der Waals surface area contributed by atoms with Crippen molar-refractivity contribution in [3.05, 3.63) is 11.8 Å². The van der Waals surface area contributed by atoms with E-state index in [4.69, 9.17) is 5.73 Å². The van der Waals surface area contributed by atoms with Crippen LogP contribution in [-0.4, -0.2) is 23.9 Å². The Balaban J connectivity index is 2.49. The Kier molecular flexibility index (Phi) is 2.65. The van der Waals surface area contributed by atoms with Crippen molar-refractivity contribution in [3.8, 4) is 0 Å². The molecule has 0 aromatic carbocycles. The van der Waals surface area contributed by atoms with Gasteiger partial charge in [0, 0.05) is 31.6 Å². The maximum Gasteiger partial charge on any atom is 0.226 e. The Labute approximate surface area is 66.9 Å². The molecule has 1 aliphatic heterocycles. The van der Waals surface area contributed by atoms with Crippen LogP contribution in [0.4, 0.5) is 0 Å². The van der Waals surface area contributed by atoms with Gasteiger partial charge < -0.3 is 10.6 Å². The molecule has 3 heteroatoms. The van der Waals surface area contributed by atoms with Crippen LogP contribution >= 0.6 is 0 Å². The lowest BCUT2D eigenvalue weighted by molar-refractivity contribution is -0.131. The van der Waals surface area contributed by atoms with E-state index in [1.54, 1.807) is 4.90 Å². The quantitative estimate of drug-likeness (QED) is 0.628. The highest BCUT2D eigenvalue weighted by Gasteiger charge is 2.23. The molecule has 1 aliphatic rings. The topological polar surface area (TPSA) is 46.3 Å². The lowest BCUT2D eigenvalue weighted by Gasteiger charge is -2.34. The SMILES string of the molecule is CCC(=O)N1CC/C1=C\CN. The van der Waals surface area contributed by atoms with Crippen LogP contribution in [0.2, 0.25) is 0 Å². The monoisotopic (exact) mass is 154 g/mol. The Morgan fingerprint density at radius 2 is 2.55 bits per heavy atom. The van der Waals surface area contributed by atoms with Gasteiger partial charge >= 0.3 is 0 Å². The molecular formula is C8H14N2O. The molecule has 0 aromatic rings. The highest BCUT2D eigenvalue weighted by atomic mass is 16.2. The number of amides is 1. The summed E-state index contributed by atoms with van der Waals surface area (Å²) in [5.74, 6) is 0.205. The van der Waals surface area contributed by atoms with Crippen LogP contribution in [0, 0.1) is 0 Å². The summed E-state index contributed by atoms with van der Waals surface area (Å²) >= 11 is 0. The van der Waals surface area contributed by atoms with Gasteiger partial charge in [0.15, 0.2) is 0 Å². The molecular weight excluding hydrogens is 140 g/mol.